The number of fused-ring (bicyclic) bond motifs is 1. The maximum absolute atomic E-state index is 10.7. The normalized spacial score (nSPS) is 10.5. The molecule has 1 N–H and O–H groups in total. The van der Waals surface area contributed by atoms with E-state index in [1.54, 1.807) is 30.5 Å². The van der Waals surface area contributed by atoms with Crippen molar-refractivity contribution in [1.29, 1.82) is 0 Å². The summed E-state index contributed by atoms with van der Waals surface area (Å²) in [5.74, 6) is 1.02. The molecule has 0 radical (unpaired) electrons. The number of aromatic amines is 1. The number of nitro groups is 1. The molecule has 5 aromatic rings. The number of aromatic nitrogens is 3. The molecule has 0 bridgehead atoms. The summed E-state index contributed by atoms with van der Waals surface area (Å²) in [7, 11) is 0. The number of aryl methyl sites for hydroxylation is 2. The van der Waals surface area contributed by atoms with Crippen molar-refractivity contribution < 1.29 is 14.4 Å². The summed E-state index contributed by atoms with van der Waals surface area (Å²) in [6.45, 7) is 4.85. The quantitative estimate of drug-likeness (QED) is 0.165. The summed E-state index contributed by atoms with van der Waals surface area (Å²) < 4.78 is 11.3. The molecule has 0 aliphatic carbocycles. The highest BCUT2D eigenvalue weighted by molar-refractivity contribution is 6.30. The molecule has 8 nitrogen and oxygen atoms in total. The predicted molar refractivity (Wildman–Crippen MR) is 148 cm³/mol. The largest absolute Gasteiger partial charge is 0.487 e. The maximum atomic E-state index is 10.7. The summed E-state index contributed by atoms with van der Waals surface area (Å²) in [6.07, 6.45) is 4.39. The van der Waals surface area contributed by atoms with E-state index in [0.29, 0.717) is 11.6 Å². The molecule has 10 heteroatoms. The fourth-order valence-corrected chi connectivity index (χ4v) is 3.80. The number of hydrogen-bond acceptors (Lipinski definition) is 6. The van der Waals surface area contributed by atoms with Crippen LogP contribution in [-0.4, -0.2) is 19.9 Å². The number of rotatable bonds is 7. The van der Waals surface area contributed by atoms with Crippen molar-refractivity contribution in [3.63, 3.8) is 0 Å². The van der Waals surface area contributed by atoms with Gasteiger partial charge in [0.2, 0.25) is 5.75 Å². The molecule has 3 aromatic heterocycles. The second-order valence-electron chi connectivity index (χ2n) is 8.34. The van der Waals surface area contributed by atoms with Crippen LogP contribution in [0.1, 0.15) is 22.4 Å². The lowest BCUT2D eigenvalue weighted by Gasteiger charge is -2.07. The van der Waals surface area contributed by atoms with Gasteiger partial charge in [-0.15, -0.1) is 0 Å². The summed E-state index contributed by atoms with van der Waals surface area (Å²) in [4.78, 5) is 21.6. The van der Waals surface area contributed by atoms with Crippen LogP contribution in [0.5, 0.6) is 11.5 Å². The zero-order valence-electron chi connectivity index (χ0n) is 20.7. The van der Waals surface area contributed by atoms with E-state index in [0.717, 1.165) is 50.4 Å². The first-order valence-corrected chi connectivity index (χ1v) is 12.3. The van der Waals surface area contributed by atoms with Crippen molar-refractivity contribution in [3.8, 4) is 11.5 Å². The zero-order valence-corrected chi connectivity index (χ0v) is 22.2. The Kier molecular flexibility index (Phi) is 8.78. The Hall–Kier alpha value is -4.14. The van der Waals surface area contributed by atoms with Gasteiger partial charge in [-0.2, -0.15) is 0 Å². The second kappa shape index (κ2) is 12.4. The first-order valence-electron chi connectivity index (χ1n) is 11.6. The second-order valence-corrected chi connectivity index (χ2v) is 9.21. The number of hydrogen-bond donors (Lipinski definition) is 1. The molecule has 194 valence electrons. The van der Waals surface area contributed by atoms with Crippen molar-refractivity contribution in [2.24, 2.45) is 0 Å². The molecule has 0 atom stereocenters. The molecule has 0 fully saturated rings. The highest BCUT2D eigenvalue weighted by Crippen LogP contribution is 2.28. The van der Waals surface area contributed by atoms with Crippen LogP contribution in [0.25, 0.3) is 11.0 Å². The fraction of sp³-hybridized carbons (Fsp3) is 0.143. The Labute approximate surface area is 229 Å². The summed E-state index contributed by atoms with van der Waals surface area (Å²) in [5.41, 5.74) is 6.02. The highest BCUT2D eigenvalue weighted by Gasteiger charge is 2.14. The van der Waals surface area contributed by atoms with Gasteiger partial charge in [0.25, 0.3) is 0 Å². The van der Waals surface area contributed by atoms with E-state index in [1.807, 2.05) is 37.3 Å². The van der Waals surface area contributed by atoms with E-state index in [2.05, 4.69) is 21.9 Å². The lowest BCUT2D eigenvalue weighted by molar-refractivity contribution is -0.386. The van der Waals surface area contributed by atoms with Gasteiger partial charge in [-0.05, 0) is 54.8 Å². The minimum absolute atomic E-state index is 0.147. The molecule has 5 rings (SSSR count). The third-order valence-electron chi connectivity index (χ3n) is 5.72. The number of H-pyrrole nitrogens is 1. The summed E-state index contributed by atoms with van der Waals surface area (Å²) in [5, 5.41) is 12.1. The van der Waals surface area contributed by atoms with Crippen LogP contribution in [0.15, 0.2) is 79.3 Å². The van der Waals surface area contributed by atoms with Gasteiger partial charge in [-0.1, -0.05) is 47.5 Å². The van der Waals surface area contributed by atoms with Crippen molar-refractivity contribution >= 4 is 39.9 Å². The Morgan fingerprint density at radius 1 is 0.842 bits per heavy atom. The smallest absolute Gasteiger partial charge is 0.329 e. The number of benzene rings is 2. The van der Waals surface area contributed by atoms with Crippen LogP contribution in [0.3, 0.4) is 0 Å². The van der Waals surface area contributed by atoms with Crippen LogP contribution in [0, 0.1) is 24.0 Å². The Morgan fingerprint density at radius 3 is 1.97 bits per heavy atom. The summed E-state index contributed by atoms with van der Waals surface area (Å²) in [6, 6.07) is 18.1. The number of nitrogens with one attached hydrogen (secondary N) is 1. The maximum Gasteiger partial charge on any atom is 0.329 e. The number of pyridine rings is 2. The average Bonchev–Trinajstić information content (AvgIpc) is 3.22. The SMILES string of the molecule is Cc1[nH]c2c(OCc3ccc(Cl)cc3)ccnc2c1C.O=[N+]([O-])c1cnccc1OCc1ccc(Cl)cc1. The number of halogens is 2. The minimum atomic E-state index is -0.524. The van der Waals surface area contributed by atoms with Gasteiger partial charge in [0.15, 0.2) is 0 Å². The molecular weight excluding hydrogens is 527 g/mol. The highest BCUT2D eigenvalue weighted by atomic mass is 35.5. The van der Waals surface area contributed by atoms with Gasteiger partial charge >= 0.3 is 5.69 Å². The van der Waals surface area contributed by atoms with Crippen molar-refractivity contribution in [2.45, 2.75) is 27.1 Å². The minimum Gasteiger partial charge on any atom is -0.487 e. The number of ether oxygens (including phenoxy) is 2. The third kappa shape index (κ3) is 6.79. The van der Waals surface area contributed by atoms with Crippen LogP contribution >= 0.6 is 23.2 Å². The molecular formula is C28H24Cl2N4O4. The average molecular weight is 551 g/mol. The van der Waals surface area contributed by atoms with Crippen LogP contribution in [0.2, 0.25) is 10.0 Å². The standard InChI is InChI=1S/C16H15ClN2O.C12H9ClN2O3/c1-10-11(2)19-16-14(7-8-18-15(10)16)20-9-12-3-5-13(17)6-4-12;13-10-3-1-9(2-4-10)8-18-12-5-6-14-7-11(12)15(16)17/h3-8,19H,9H2,1-2H3;1-7H,8H2. The van der Waals surface area contributed by atoms with Gasteiger partial charge in [0.1, 0.15) is 30.7 Å². The molecule has 38 heavy (non-hydrogen) atoms. The Balaban J connectivity index is 0.000000178. The number of nitrogens with zero attached hydrogens (tertiary/aromatic N) is 3. The molecule has 3 heterocycles. The molecule has 0 aliphatic rings. The van der Waals surface area contributed by atoms with E-state index in [4.69, 9.17) is 32.7 Å². The van der Waals surface area contributed by atoms with E-state index >= 15 is 0 Å². The molecule has 0 aliphatic heterocycles. The first-order chi connectivity index (χ1) is 18.3. The van der Waals surface area contributed by atoms with Gasteiger partial charge in [0.05, 0.1) is 10.4 Å². The topological polar surface area (TPSA) is 103 Å². The Morgan fingerprint density at radius 2 is 1.39 bits per heavy atom. The van der Waals surface area contributed by atoms with E-state index < -0.39 is 4.92 Å². The predicted octanol–water partition coefficient (Wildman–Crippen LogP) is 7.63. The van der Waals surface area contributed by atoms with Gasteiger partial charge in [-0.25, -0.2) is 0 Å². The first kappa shape index (κ1) is 26.9. The van der Waals surface area contributed by atoms with E-state index in [1.165, 1.54) is 12.3 Å². The monoisotopic (exact) mass is 550 g/mol. The molecule has 0 unspecified atom stereocenters. The summed E-state index contributed by atoms with van der Waals surface area (Å²) >= 11 is 11.6. The lowest BCUT2D eigenvalue weighted by Crippen LogP contribution is -1.99. The third-order valence-corrected chi connectivity index (χ3v) is 6.22. The zero-order chi connectivity index (χ0) is 27.1. The molecule has 0 saturated carbocycles. The van der Waals surface area contributed by atoms with Crippen LogP contribution < -0.4 is 9.47 Å². The Bertz CT molecular complexity index is 1540. The molecule has 0 saturated heterocycles. The van der Waals surface area contributed by atoms with Gasteiger partial charge in [0, 0.05) is 40.3 Å². The molecule has 0 amide bonds. The lowest BCUT2D eigenvalue weighted by atomic mass is 10.2. The van der Waals surface area contributed by atoms with Crippen molar-refractivity contribution in [1.82, 2.24) is 15.0 Å². The van der Waals surface area contributed by atoms with E-state index in [9.17, 15) is 10.1 Å². The van der Waals surface area contributed by atoms with Crippen LogP contribution in [-0.2, 0) is 13.2 Å². The van der Waals surface area contributed by atoms with Crippen molar-refractivity contribution in [2.75, 3.05) is 0 Å². The van der Waals surface area contributed by atoms with Crippen molar-refractivity contribution in [3.05, 3.63) is 122 Å². The fourth-order valence-electron chi connectivity index (χ4n) is 3.54. The van der Waals surface area contributed by atoms with E-state index in [-0.39, 0.29) is 18.0 Å². The van der Waals surface area contributed by atoms with Gasteiger partial charge in [-0.3, -0.25) is 20.1 Å². The van der Waals surface area contributed by atoms with Gasteiger partial charge < -0.3 is 14.5 Å². The van der Waals surface area contributed by atoms with Crippen LogP contribution in [0.4, 0.5) is 5.69 Å². The molecule has 2 aromatic carbocycles. The molecule has 0 spiro atoms.